The van der Waals surface area contributed by atoms with Gasteiger partial charge in [0.25, 0.3) is 0 Å². The number of nitrogens with zero attached hydrogens (tertiary/aromatic N) is 2. The van der Waals surface area contributed by atoms with E-state index in [1.165, 1.54) is 30.5 Å². The number of aromatic nitrogens is 2. The first kappa shape index (κ1) is 15.8. The van der Waals surface area contributed by atoms with Gasteiger partial charge >= 0.3 is 0 Å². The summed E-state index contributed by atoms with van der Waals surface area (Å²) in [6.45, 7) is 2.40. The van der Waals surface area contributed by atoms with Gasteiger partial charge in [-0.2, -0.15) is 0 Å². The van der Waals surface area contributed by atoms with Crippen molar-refractivity contribution in [1.29, 1.82) is 0 Å². The van der Waals surface area contributed by atoms with Crippen LogP contribution < -0.4 is 10.0 Å². The molecule has 2 N–H and O–H groups in total. The molecule has 0 spiro atoms. The van der Waals surface area contributed by atoms with Crippen molar-refractivity contribution in [3.63, 3.8) is 0 Å². The Kier molecular flexibility index (Phi) is 4.86. The molecule has 0 aliphatic rings. The van der Waals surface area contributed by atoms with Crippen molar-refractivity contribution in [2.45, 2.75) is 24.8 Å². The summed E-state index contributed by atoms with van der Waals surface area (Å²) in [5.74, 6) is -0.793. The fourth-order valence-corrected chi connectivity index (χ4v) is 3.16. The summed E-state index contributed by atoms with van der Waals surface area (Å²) in [5, 5.41) is 12.7. The second-order valence-electron chi connectivity index (χ2n) is 4.15. The number of hydrogen-bond acceptors (Lipinski definition) is 6. The van der Waals surface area contributed by atoms with Crippen LogP contribution in [0.3, 0.4) is 0 Å². The number of halogens is 1. The Morgan fingerprint density at radius 2 is 2.00 bits per heavy atom. The molecular formula is C12H15FN4O2S2. The average Bonchev–Trinajstić information content (AvgIpc) is 2.94. The van der Waals surface area contributed by atoms with Gasteiger partial charge in [0.05, 0.1) is 6.54 Å². The maximum absolute atomic E-state index is 13.6. The van der Waals surface area contributed by atoms with E-state index in [0.717, 1.165) is 22.5 Å². The van der Waals surface area contributed by atoms with Gasteiger partial charge in [-0.25, -0.2) is 17.5 Å². The number of aryl methyl sites for hydroxylation is 1. The molecule has 2 rings (SSSR count). The van der Waals surface area contributed by atoms with Gasteiger partial charge in [-0.05, 0) is 31.7 Å². The molecule has 1 heterocycles. The predicted octanol–water partition coefficient (Wildman–Crippen LogP) is 1.76. The lowest BCUT2D eigenvalue weighted by Crippen LogP contribution is -2.20. The highest BCUT2D eigenvalue weighted by Gasteiger charge is 2.17. The molecular weight excluding hydrogens is 315 g/mol. The Morgan fingerprint density at radius 3 is 2.62 bits per heavy atom. The minimum atomic E-state index is -3.82. The molecule has 0 atom stereocenters. The summed E-state index contributed by atoms with van der Waals surface area (Å²) < 4.78 is 39.1. The minimum absolute atomic E-state index is 0.387. The maximum Gasteiger partial charge on any atom is 0.243 e. The smallest absolute Gasteiger partial charge is 0.243 e. The molecule has 0 bridgehead atoms. The van der Waals surface area contributed by atoms with E-state index < -0.39 is 15.8 Å². The van der Waals surface area contributed by atoms with E-state index in [9.17, 15) is 12.8 Å². The number of benzene rings is 1. The Labute approximate surface area is 126 Å². The van der Waals surface area contributed by atoms with Crippen LogP contribution in [0.2, 0.25) is 0 Å². The Hall–Kier alpha value is -1.58. The first-order valence-corrected chi connectivity index (χ1v) is 8.54. The van der Waals surface area contributed by atoms with Crippen LogP contribution in [0.1, 0.15) is 16.9 Å². The molecule has 21 heavy (non-hydrogen) atoms. The molecule has 9 heteroatoms. The van der Waals surface area contributed by atoms with Gasteiger partial charge in [0.2, 0.25) is 10.0 Å². The van der Waals surface area contributed by atoms with E-state index in [4.69, 9.17) is 0 Å². The standard InChI is InChI=1S/C12H15FN4O2S2/c1-3-11-16-17-12(20-11)7-15-8-4-5-9(13)10(6-8)21(18,19)14-2/h4-6,14-15H,3,7H2,1-2H3. The fourth-order valence-electron chi connectivity index (χ4n) is 1.61. The topological polar surface area (TPSA) is 84.0 Å². The SMILES string of the molecule is CCc1nnc(CNc2ccc(F)c(S(=O)(=O)NC)c2)s1. The third kappa shape index (κ3) is 3.74. The Morgan fingerprint density at radius 1 is 1.29 bits per heavy atom. The summed E-state index contributed by atoms with van der Waals surface area (Å²) in [6, 6.07) is 3.85. The molecule has 0 saturated heterocycles. The summed E-state index contributed by atoms with van der Waals surface area (Å²) in [5.41, 5.74) is 0.499. The zero-order valence-electron chi connectivity index (χ0n) is 11.6. The highest BCUT2D eigenvalue weighted by Crippen LogP contribution is 2.20. The molecule has 0 aliphatic carbocycles. The maximum atomic E-state index is 13.6. The van der Waals surface area contributed by atoms with Crippen molar-refractivity contribution >= 4 is 27.0 Å². The lowest BCUT2D eigenvalue weighted by atomic mass is 10.3. The molecule has 2 aromatic rings. The van der Waals surface area contributed by atoms with Crippen molar-refractivity contribution in [1.82, 2.24) is 14.9 Å². The van der Waals surface area contributed by atoms with Gasteiger partial charge in [0.15, 0.2) is 0 Å². The summed E-state index contributed by atoms with van der Waals surface area (Å²) in [6.07, 6.45) is 0.818. The van der Waals surface area contributed by atoms with E-state index in [0.29, 0.717) is 12.2 Å². The van der Waals surface area contributed by atoms with Crippen LogP contribution in [0.15, 0.2) is 23.1 Å². The predicted molar refractivity (Wildman–Crippen MR) is 79.3 cm³/mol. The van der Waals surface area contributed by atoms with Crippen molar-refractivity contribution in [2.75, 3.05) is 12.4 Å². The summed E-state index contributed by atoms with van der Waals surface area (Å²) in [4.78, 5) is -0.387. The lowest BCUT2D eigenvalue weighted by Gasteiger charge is -2.08. The second kappa shape index (κ2) is 6.46. The molecule has 0 aliphatic heterocycles. The van der Waals surface area contributed by atoms with Crippen LogP contribution in [-0.4, -0.2) is 25.7 Å². The monoisotopic (exact) mass is 330 g/mol. The van der Waals surface area contributed by atoms with E-state index in [2.05, 4.69) is 20.2 Å². The Bertz CT molecular complexity index is 731. The van der Waals surface area contributed by atoms with Crippen molar-refractivity contribution in [3.8, 4) is 0 Å². The highest BCUT2D eigenvalue weighted by molar-refractivity contribution is 7.89. The number of anilines is 1. The lowest BCUT2D eigenvalue weighted by molar-refractivity contribution is 0.561. The zero-order chi connectivity index (χ0) is 15.5. The van der Waals surface area contributed by atoms with E-state index in [1.807, 2.05) is 6.92 Å². The first-order chi connectivity index (χ1) is 9.96. The Balaban J connectivity index is 2.16. The minimum Gasteiger partial charge on any atom is -0.378 e. The molecule has 0 radical (unpaired) electrons. The normalized spacial score (nSPS) is 11.6. The molecule has 0 amide bonds. The van der Waals surface area contributed by atoms with Gasteiger partial charge in [-0.15, -0.1) is 10.2 Å². The third-order valence-electron chi connectivity index (χ3n) is 2.74. The number of hydrogen-bond donors (Lipinski definition) is 2. The van der Waals surface area contributed by atoms with Gasteiger partial charge in [0, 0.05) is 5.69 Å². The first-order valence-electron chi connectivity index (χ1n) is 6.24. The fraction of sp³-hybridized carbons (Fsp3) is 0.333. The van der Waals surface area contributed by atoms with Crippen LogP contribution in [0, 0.1) is 5.82 Å². The van der Waals surface area contributed by atoms with Crippen LogP contribution in [0.4, 0.5) is 10.1 Å². The summed E-state index contributed by atoms with van der Waals surface area (Å²) in [7, 11) is -2.59. The zero-order valence-corrected chi connectivity index (χ0v) is 13.2. The molecule has 114 valence electrons. The molecule has 0 fully saturated rings. The van der Waals surface area contributed by atoms with E-state index in [1.54, 1.807) is 0 Å². The van der Waals surface area contributed by atoms with E-state index in [-0.39, 0.29) is 4.90 Å². The third-order valence-corrected chi connectivity index (χ3v) is 5.24. The average molecular weight is 330 g/mol. The van der Waals surface area contributed by atoms with Crippen LogP contribution in [0.25, 0.3) is 0 Å². The van der Waals surface area contributed by atoms with Crippen LogP contribution in [-0.2, 0) is 23.0 Å². The highest BCUT2D eigenvalue weighted by atomic mass is 32.2. The largest absolute Gasteiger partial charge is 0.378 e. The van der Waals surface area contributed by atoms with Gasteiger partial charge in [-0.3, -0.25) is 0 Å². The molecule has 0 unspecified atom stereocenters. The second-order valence-corrected chi connectivity index (χ2v) is 7.15. The number of nitrogens with one attached hydrogen (secondary N) is 2. The van der Waals surface area contributed by atoms with Gasteiger partial charge < -0.3 is 5.32 Å². The number of sulfonamides is 1. The van der Waals surface area contributed by atoms with E-state index >= 15 is 0 Å². The van der Waals surface area contributed by atoms with Gasteiger partial charge in [-0.1, -0.05) is 18.3 Å². The molecule has 1 aromatic heterocycles. The number of rotatable bonds is 6. The van der Waals surface area contributed by atoms with Crippen LogP contribution >= 0.6 is 11.3 Å². The molecule has 1 aromatic carbocycles. The van der Waals surface area contributed by atoms with Crippen molar-refractivity contribution in [2.24, 2.45) is 0 Å². The quantitative estimate of drug-likeness (QED) is 0.843. The summed E-state index contributed by atoms with van der Waals surface area (Å²) >= 11 is 1.48. The van der Waals surface area contributed by atoms with Gasteiger partial charge in [0.1, 0.15) is 20.7 Å². The molecule has 0 saturated carbocycles. The van der Waals surface area contributed by atoms with Crippen molar-refractivity contribution < 1.29 is 12.8 Å². The van der Waals surface area contributed by atoms with Crippen molar-refractivity contribution in [3.05, 3.63) is 34.0 Å². The van der Waals surface area contributed by atoms with Crippen LogP contribution in [0.5, 0.6) is 0 Å². The molecule has 6 nitrogen and oxygen atoms in total.